The molecule has 0 amide bonds. The highest BCUT2D eigenvalue weighted by Crippen LogP contribution is 2.11. The largest absolute Gasteiger partial charge is 0.462 e. The van der Waals surface area contributed by atoms with Crippen LogP contribution in [0.4, 0.5) is 0 Å². The van der Waals surface area contributed by atoms with Crippen molar-refractivity contribution >= 4 is 17.9 Å². The number of allylic oxidation sites excluding steroid dienone is 20. The highest BCUT2D eigenvalue weighted by atomic mass is 16.6. The van der Waals surface area contributed by atoms with E-state index >= 15 is 0 Å². The minimum Gasteiger partial charge on any atom is -0.462 e. The highest BCUT2D eigenvalue weighted by molar-refractivity contribution is 5.71. The third-order valence-corrected chi connectivity index (χ3v) is 9.41. The molecule has 1 atom stereocenters. The summed E-state index contributed by atoms with van der Waals surface area (Å²) < 4.78 is 16.7. The van der Waals surface area contributed by atoms with Gasteiger partial charge in [-0.25, -0.2) is 0 Å². The molecule has 0 aliphatic rings. The van der Waals surface area contributed by atoms with Crippen LogP contribution in [0.15, 0.2) is 122 Å². The second-order valence-corrected chi connectivity index (χ2v) is 15.2. The van der Waals surface area contributed by atoms with Crippen LogP contribution in [0.25, 0.3) is 0 Å². The molecule has 342 valence electrons. The van der Waals surface area contributed by atoms with Crippen LogP contribution in [-0.4, -0.2) is 37.2 Å². The Hall–Kier alpha value is -4.19. The lowest BCUT2D eigenvalue weighted by atomic mass is 10.1. The molecule has 0 saturated heterocycles. The molecule has 61 heavy (non-hydrogen) atoms. The number of rotatable bonds is 41. The standard InChI is InChI=1S/C55H86O6/c1-4-7-10-13-16-19-22-25-26-27-28-31-33-36-39-42-45-48-54(57)60-51-52(61-55(58)49-46-43-40-37-34-30-24-21-18-15-12-9-6-3)50-59-53(56)47-44-41-38-35-32-29-23-20-17-14-11-8-5-2/h7,9-12,14,16,18-21,23,25-26,28,30-31,34,36,39,52H,4-6,8,13,15,17,22,24,27,29,32-33,35,37-38,40-51H2,1-3H3/b10-7-,12-9-,14-11-,19-16-,21-18-,23-20-,26-25-,31-28-,34-30-,39-36-. The van der Waals surface area contributed by atoms with Crippen LogP contribution >= 0.6 is 0 Å². The molecule has 0 aliphatic carbocycles. The second-order valence-electron chi connectivity index (χ2n) is 15.2. The summed E-state index contributed by atoms with van der Waals surface area (Å²) in [5.41, 5.74) is 0. The Labute approximate surface area is 373 Å². The Balaban J connectivity index is 4.56. The molecule has 0 aliphatic heterocycles. The molecular formula is C55H86O6. The van der Waals surface area contributed by atoms with E-state index in [1.807, 2.05) is 0 Å². The lowest BCUT2D eigenvalue weighted by molar-refractivity contribution is -0.167. The zero-order valence-electron chi connectivity index (χ0n) is 38.9. The molecule has 0 aromatic heterocycles. The minimum atomic E-state index is -0.824. The van der Waals surface area contributed by atoms with Crippen LogP contribution < -0.4 is 0 Å². The summed E-state index contributed by atoms with van der Waals surface area (Å²) in [5, 5.41) is 0. The van der Waals surface area contributed by atoms with Crippen molar-refractivity contribution in [3.63, 3.8) is 0 Å². The number of unbranched alkanes of at least 4 members (excludes halogenated alkanes) is 10. The quantitative estimate of drug-likeness (QED) is 0.0264. The fraction of sp³-hybridized carbons (Fsp3) is 0.582. The lowest BCUT2D eigenvalue weighted by Crippen LogP contribution is -2.30. The fourth-order valence-electron chi connectivity index (χ4n) is 5.88. The molecule has 0 bridgehead atoms. The zero-order valence-corrected chi connectivity index (χ0v) is 38.9. The van der Waals surface area contributed by atoms with Crippen molar-refractivity contribution in [2.45, 2.75) is 194 Å². The molecule has 0 radical (unpaired) electrons. The maximum absolute atomic E-state index is 12.7. The van der Waals surface area contributed by atoms with Gasteiger partial charge in [-0.2, -0.15) is 0 Å². The van der Waals surface area contributed by atoms with Gasteiger partial charge in [0.2, 0.25) is 0 Å². The molecule has 6 heteroatoms. The van der Waals surface area contributed by atoms with Gasteiger partial charge in [0.1, 0.15) is 13.2 Å². The average Bonchev–Trinajstić information content (AvgIpc) is 3.26. The number of ether oxygens (including phenoxy) is 3. The van der Waals surface area contributed by atoms with Gasteiger partial charge >= 0.3 is 17.9 Å². The molecule has 0 spiro atoms. The Bertz CT molecular complexity index is 1340. The van der Waals surface area contributed by atoms with Crippen molar-refractivity contribution in [3.8, 4) is 0 Å². The molecule has 1 unspecified atom stereocenters. The molecule has 6 nitrogen and oxygen atoms in total. The summed E-state index contributed by atoms with van der Waals surface area (Å²) in [7, 11) is 0. The van der Waals surface area contributed by atoms with E-state index in [0.29, 0.717) is 19.3 Å². The Morgan fingerprint density at radius 3 is 1.08 bits per heavy atom. The number of carbonyl (C=O) groups excluding carboxylic acids is 3. The van der Waals surface area contributed by atoms with E-state index in [0.717, 1.165) is 128 Å². The van der Waals surface area contributed by atoms with E-state index in [1.54, 1.807) is 0 Å². The Kier molecular flexibility index (Phi) is 45.1. The Morgan fingerprint density at radius 2 is 0.656 bits per heavy atom. The summed E-state index contributed by atoms with van der Waals surface area (Å²) in [6.45, 7) is 6.22. The molecule has 0 saturated carbocycles. The van der Waals surface area contributed by atoms with Crippen molar-refractivity contribution in [1.29, 1.82) is 0 Å². The first-order valence-corrected chi connectivity index (χ1v) is 24.0. The van der Waals surface area contributed by atoms with Gasteiger partial charge in [0.25, 0.3) is 0 Å². The van der Waals surface area contributed by atoms with Crippen molar-refractivity contribution in [2.24, 2.45) is 0 Å². The van der Waals surface area contributed by atoms with Gasteiger partial charge in [0.05, 0.1) is 0 Å². The van der Waals surface area contributed by atoms with Crippen molar-refractivity contribution in [1.82, 2.24) is 0 Å². The van der Waals surface area contributed by atoms with Crippen LogP contribution in [-0.2, 0) is 28.6 Å². The highest BCUT2D eigenvalue weighted by Gasteiger charge is 2.19. The monoisotopic (exact) mass is 843 g/mol. The maximum atomic E-state index is 12.7. The summed E-state index contributed by atoms with van der Waals surface area (Å²) >= 11 is 0. The molecule has 0 aromatic rings. The molecule has 0 rings (SSSR count). The van der Waals surface area contributed by atoms with Gasteiger partial charge in [0.15, 0.2) is 6.10 Å². The van der Waals surface area contributed by atoms with E-state index in [-0.39, 0.29) is 44.0 Å². The summed E-state index contributed by atoms with van der Waals surface area (Å²) in [4.78, 5) is 37.8. The molecule has 0 aromatic carbocycles. The molecule has 0 N–H and O–H groups in total. The zero-order chi connectivity index (χ0) is 44.4. The number of hydrogen-bond donors (Lipinski definition) is 0. The Morgan fingerprint density at radius 1 is 0.344 bits per heavy atom. The van der Waals surface area contributed by atoms with Gasteiger partial charge in [-0.3, -0.25) is 14.4 Å². The van der Waals surface area contributed by atoms with Gasteiger partial charge < -0.3 is 14.2 Å². The SMILES string of the molecule is CC/C=C\C/C=C\C/C=C\C/C=C\C/C=C\CCCC(=O)OCC(COC(=O)CCCCCCC/C=C\C/C=C\CCC)OC(=O)CCCCC/C=C\C/C=C\C/C=C\CC. The molecule has 0 heterocycles. The first-order valence-electron chi connectivity index (χ1n) is 24.0. The number of hydrogen-bond acceptors (Lipinski definition) is 6. The summed E-state index contributed by atoms with van der Waals surface area (Å²) in [6.07, 6.45) is 66.1. The first kappa shape index (κ1) is 56.8. The average molecular weight is 843 g/mol. The van der Waals surface area contributed by atoms with Crippen molar-refractivity contribution in [2.75, 3.05) is 13.2 Å². The predicted octanol–water partition coefficient (Wildman–Crippen LogP) is 15.7. The normalized spacial score (nSPS) is 13.2. The van der Waals surface area contributed by atoms with Crippen LogP contribution in [0.5, 0.6) is 0 Å². The lowest BCUT2D eigenvalue weighted by Gasteiger charge is -2.18. The van der Waals surface area contributed by atoms with Gasteiger partial charge in [-0.15, -0.1) is 0 Å². The van der Waals surface area contributed by atoms with E-state index in [2.05, 4.69) is 142 Å². The van der Waals surface area contributed by atoms with Crippen molar-refractivity contribution in [3.05, 3.63) is 122 Å². The predicted molar refractivity (Wildman–Crippen MR) is 260 cm³/mol. The van der Waals surface area contributed by atoms with Crippen LogP contribution in [0.3, 0.4) is 0 Å². The minimum absolute atomic E-state index is 0.119. The van der Waals surface area contributed by atoms with Gasteiger partial charge in [0, 0.05) is 19.3 Å². The fourth-order valence-corrected chi connectivity index (χ4v) is 5.88. The van der Waals surface area contributed by atoms with E-state index in [9.17, 15) is 14.4 Å². The van der Waals surface area contributed by atoms with E-state index in [4.69, 9.17) is 14.2 Å². The van der Waals surface area contributed by atoms with Crippen LogP contribution in [0, 0.1) is 0 Å². The van der Waals surface area contributed by atoms with Gasteiger partial charge in [-0.1, -0.05) is 174 Å². The summed E-state index contributed by atoms with van der Waals surface area (Å²) in [6, 6.07) is 0. The second kappa shape index (κ2) is 48.5. The molecular weight excluding hydrogens is 757 g/mol. The van der Waals surface area contributed by atoms with E-state index < -0.39 is 6.10 Å². The third-order valence-electron chi connectivity index (χ3n) is 9.41. The van der Waals surface area contributed by atoms with E-state index in [1.165, 1.54) is 6.42 Å². The topological polar surface area (TPSA) is 78.9 Å². The third kappa shape index (κ3) is 46.7. The van der Waals surface area contributed by atoms with Crippen molar-refractivity contribution < 1.29 is 28.6 Å². The number of esters is 3. The first-order chi connectivity index (χ1) is 30.0. The smallest absolute Gasteiger partial charge is 0.306 e. The number of carbonyl (C=O) groups is 3. The van der Waals surface area contributed by atoms with Gasteiger partial charge in [-0.05, 0) is 116 Å². The van der Waals surface area contributed by atoms with Crippen LogP contribution in [0.2, 0.25) is 0 Å². The van der Waals surface area contributed by atoms with Crippen LogP contribution in [0.1, 0.15) is 188 Å². The maximum Gasteiger partial charge on any atom is 0.306 e. The summed E-state index contributed by atoms with van der Waals surface area (Å²) in [5.74, 6) is -1.03. The molecule has 0 fully saturated rings.